The van der Waals surface area contributed by atoms with Crippen LogP contribution in [0.4, 0.5) is 0 Å². The second-order valence-corrected chi connectivity index (χ2v) is 6.60. The van der Waals surface area contributed by atoms with E-state index in [2.05, 4.69) is 9.82 Å². The molecule has 0 aromatic carbocycles. The SMILES string of the molecule is Cn1cc(S(=O)(=O)NCC2CCCC2CO)cn1. The van der Waals surface area contributed by atoms with Crippen LogP contribution in [0, 0.1) is 11.8 Å². The first-order valence-electron chi connectivity index (χ1n) is 6.12. The van der Waals surface area contributed by atoms with Crippen LogP contribution in [-0.4, -0.2) is 36.5 Å². The highest BCUT2D eigenvalue weighted by Crippen LogP contribution is 2.30. The molecule has 1 fully saturated rings. The topological polar surface area (TPSA) is 84.2 Å². The van der Waals surface area contributed by atoms with Crippen LogP contribution in [-0.2, 0) is 17.1 Å². The maximum atomic E-state index is 12.0. The number of nitrogens with zero attached hydrogens (tertiary/aromatic N) is 2. The van der Waals surface area contributed by atoms with E-state index in [0.29, 0.717) is 6.54 Å². The zero-order valence-corrected chi connectivity index (χ0v) is 11.2. The molecule has 6 nitrogen and oxygen atoms in total. The summed E-state index contributed by atoms with van der Waals surface area (Å²) in [6, 6.07) is 0. The molecule has 2 N–H and O–H groups in total. The number of hydrogen-bond donors (Lipinski definition) is 2. The summed E-state index contributed by atoms with van der Waals surface area (Å²) in [6.07, 6.45) is 5.82. The van der Waals surface area contributed by atoms with Gasteiger partial charge in [0, 0.05) is 26.4 Å². The summed E-state index contributed by atoms with van der Waals surface area (Å²) in [5, 5.41) is 13.0. The van der Waals surface area contributed by atoms with Gasteiger partial charge in [-0.05, 0) is 24.7 Å². The van der Waals surface area contributed by atoms with E-state index in [0.717, 1.165) is 19.3 Å². The third kappa shape index (κ3) is 2.90. The minimum Gasteiger partial charge on any atom is -0.396 e. The van der Waals surface area contributed by atoms with E-state index in [1.54, 1.807) is 7.05 Å². The number of aryl methyl sites for hydroxylation is 1. The molecular formula is C11H19N3O3S. The molecule has 1 aromatic rings. The van der Waals surface area contributed by atoms with Gasteiger partial charge in [0.05, 0.1) is 6.20 Å². The molecule has 1 aromatic heterocycles. The van der Waals surface area contributed by atoms with Crippen molar-refractivity contribution in [3.05, 3.63) is 12.4 Å². The highest BCUT2D eigenvalue weighted by molar-refractivity contribution is 7.89. The maximum absolute atomic E-state index is 12.0. The van der Waals surface area contributed by atoms with Gasteiger partial charge in [-0.1, -0.05) is 6.42 Å². The van der Waals surface area contributed by atoms with Crippen LogP contribution in [0.1, 0.15) is 19.3 Å². The van der Waals surface area contributed by atoms with E-state index in [-0.39, 0.29) is 23.3 Å². The lowest BCUT2D eigenvalue weighted by atomic mass is 9.97. The third-order valence-electron chi connectivity index (χ3n) is 3.58. The number of aromatic nitrogens is 2. The Bertz CT molecular complexity index is 497. The Morgan fingerprint density at radius 2 is 2.22 bits per heavy atom. The largest absolute Gasteiger partial charge is 0.396 e. The predicted molar refractivity (Wildman–Crippen MR) is 66.3 cm³/mol. The lowest BCUT2D eigenvalue weighted by Crippen LogP contribution is -2.31. The van der Waals surface area contributed by atoms with Crippen molar-refractivity contribution in [2.75, 3.05) is 13.2 Å². The van der Waals surface area contributed by atoms with Gasteiger partial charge in [0.1, 0.15) is 4.90 Å². The van der Waals surface area contributed by atoms with Gasteiger partial charge >= 0.3 is 0 Å². The standard InChI is InChI=1S/C11H19N3O3S/c1-14-7-11(6-12-14)18(16,17)13-5-9-3-2-4-10(9)8-15/h6-7,9-10,13,15H,2-5,8H2,1H3. The van der Waals surface area contributed by atoms with Crippen LogP contribution in [0.25, 0.3) is 0 Å². The molecule has 1 saturated carbocycles. The monoisotopic (exact) mass is 273 g/mol. The lowest BCUT2D eigenvalue weighted by molar-refractivity contribution is 0.195. The average Bonchev–Trinajstić information content (AvgIpc) is 2.94. The quantitative estimate of drug-likeness (QED) is 0.797. The Hall–Kier alpha value is -0.920. The second-order valence-electron chi connectivity index (χ2n) is 4.84. The smallest absolute Gasteiger partial charge is 0.243 e. The summed E-state index contributed by atoms with van der Waals surface area (Å²) in [5.74, 6) is 0.461. The molecule has 102 valence electrons. The summed E-state index contributed by atoms with van der Waals surface area (Å²) in [6.45, 7) is 0.530. The van der Waals surface area contributed by atoms with E-state index < -0.39 is 10.0 Å². The molecule has 2 unspecified atom stereocenters. The first kappa shape index (κ1) is 13.5. The van der Waals surface area contributed by atoms with Crippen molar-refractivity contribution in [2.45, 2.75) is 24.2 Å². The Kier molecular flexibility index (Phi) is 4.04. The minimum absolute atomic E-state index is 0.138. The van der Waals surface area contributed by atoms with Gasteiger partial charge in [-0.2, -0.15) is 5.10 Å². The zero-order valence-electron chi connectivity index (χ0n) is 10.4. The number of aliphatic hydroxyl groups is 1. The number of rotatable bonds is 5. The van der Waals surface area contributed by atoms with Crippen LogP contribution in [0.2, 0.25) is 0 Å². The van der Waals surface area contributed by atoms with E-state index in [1.807, 2.05) is 0 Å². The van der Waals surface area contributed by atoms with Gasteiger partial charge in [-0.3, -0.25) is 4.68 Å². The zero-order chi connectivity index (χ0) is 13.2. The van der Waals surface area contributed by atoms with Crippen LogP contribution in [0.3, 0.4) is 0 Å². The number of hydrogen-bond acceptors (Lipinski definition) is 4. The molecule has 18 heavy (non-hydrogen) atoms. The first-order valence-corrected chi connectivity index (χ1v) is 7.60. The Balaban J connectivity index is 1.97. The van der Waals surface area contributed by atoms with Gasteiger partial charge < -0.3 is 5.11 Å². The normalized spacial score (nSPS) is 24.6. The number of nitrogens with one attached hydrogen (secondary N) is 1. The fourth-order valence-electron chi connectivity index (χ4n) is 2.46. The average molecular weight is 273 g/mol. The molecule has 2 rings (SSSR count). The Labute approximate surface area is 107 Å². The highest BCUT2D eigenvalue weighted by atomic mass is 32.2. The highest BCUT2D eigenvalue weighted by Gasteiger charge is 2.28. The number of aliphatic hydroxyl groups excluding tert-OH is 1. The molecule has 0 bridgehead atoms. The van der Waals surface area contributed by atoms with Crippen molar-refractivity contribution in [3.8, 4) is 0 Å². The van der Waals surface area contributed by atoms with Gasteiger partial charge in [-0.25, -0.2) is 13.1 Å². The summed E-state index contributed by atoms with van der Waals surface area (Å²) < 4.78 is 28.0. The van der Waals surface area contributed by atoms with E-state index in [4.69, 9.17) is 0 Å². The van der Waals surface area contributed by atoms with Crippen molar-refractivity contribution in [1.82, 2.24) is 14.5 Å². The van der Waals surface area contributed by atoms with Crippen LogP contribution in [0.5, 0.6) is 0 Å². The van der Waals surface area contributed by atoms with Gasteiger partial charge in [0.15, 0.2) is 0 Å². The van der Waals surface area contributed by atoms with Crippen LogP contribution in [0.15, 0.2) is 17.3 Å². The Morgan fingerprint density at radius 1 is 1.50 bits per heavy atom. The third-order valence-corrected chi connectivity index (χ3v) is 4.96. The molecule has 0 radical (unpaired) electrons. The molecule has 0 spiro atoms. The Morgan fingerprint density at radius 3 is 2.83 bits per heavy atom. The molecule has 0 saturated heterocycles. The van der Waals surface area contributed by atoms with Crippen molar-refractivity contribution < 1.29 is 13.5 Å². The first-order chi connectivity index (χ1) is 8.53. The molecule has 0 aliphatic heterocycles. The van der Waals surface area contributed by atoms with Crippen LogP contribution < -0.4 is 4.72 Å². The molecule has 1 aliphatic rings. The van der Waals surface area contributed by atoms with Gasteiger partial charge in [0.2, 0.25) is 10.0 Å². The maximum Gasteiger partial charge on any atom is 0.243 e. The summed E-state index contributed by atoms with van der Waals surface area (Å²) >= 11 is 0. The van der Waals surface area contributed by atoms with Crippen molar-refractivity contribution in [1.29, 1.82) is 0 Å². The van der Waals surface area contributed by atoms with Crippen molar-refractivity contribution in [3.63, 3.8) is 0 Å². The second kappa shape index (κ2) is 5.38. The van der Waals surface area contributed by atoms with Crippen molar-refractivity contribution in [2.24, 2.45) is 18.9 Å². The predicted octanol–water partition coefficient (Wildman–Crippen LogP) is 0.107. The fraction of sp³-hybridized carbons (Fsp3) is 0.727. The van der Waals surface area contributed by atoms with E-state index in [9.17, 15) is 13.5 Å². The van der Waals surface area contributed by atoms with Crippen molar-refractivity contribution >= 4 is 10.0 Å². The molecule has 1 aliphatic carbocycles. The minimum atomic E-state index is -3.47. The summed E-state index contributed by atoms with van der Waals surface area (Å²) in [7, 11) is -1.80. The fourth-order valence-corrected chi connectivity index (χ4v) is 3.54. The van der Waals surface area contributed by atoms with Gasteiger partial charge in [0.25, 0.3) is 0 Å². The number of sulfonamides is 1. The van der Waals surface area contributed by atoms with E-state index in [1.165, 1.54) is 17.1 Å². The van der Waals surface area contributed by atoms with Crippen LogP contribution >= 0.6 is 0 Å². The lowest BCUT2D eigenvalue weighted by Gasteiger charge is -2.17. The molecule has 2 atom stereocenters. The molecular weight excluding hydrogens is 254 g/mol. The van der Waals surface area contributed by atoms with Gasteiger partial charge in [-0.15, -0.1) is 0 Å². The summed E-state index contributed by atoms with van der Waals surface area (Å²) in [4.78, 5) is 0.184. The summed E-state index contributed by atoms with van der Waals surface area (Å²) in [5.41, 5.74) is 0. The molecule has 1 heterocycles. The van der Waals surface area contributed by atoms with E-state index >= 15 is 0 Å². The molecule has 7 heteroatoms. The molecule has 0 amide bonds.